The highest BCUT2D eigenvalue weighted by atomic mass is 16.4. The van der Waals surface area contributed by atoms with Gasteiger partial charge < -0.3 is 49.7 Å². The summed E-state index contributed by atoms with van der Waals surface area (Å²) >= 11 is 0. The van der Waals surface area contributed by atoms with Crippen molar-refractivity contribution in [1.82, 2.24) is 16.0 Å². The number of nitrogens with two attached hydrogens (primary N) is 5. The van der Waals surface area contributed by atoms with Crippen molar-refractivity contribution in [3.63, 3.8) is 0 Å². The van der Waals surface area contributed by atoms with E-state index in [1.165, 1.54) is 0 Å². The second-order valence-corrected chi connectivity index (χ2v) is 9.16. The summed E-state index contributed by atoms with van der Waals surface area (Å²) < 4.78 is 0. The number of hydrogen-bond donors (Lipinski definition) is 9. The smallest absolute Gasteiger partial charge is 0.326 e. The number of guanidine groups is 1. The van der Waals surface area contributed by atoms with Gasteiger partial charge in [-0.1, -0.05) is 20.3 Å². The minimum atomic E-state index is -1.40. The molecule has 4 atom stereocenters. The highest BCUT2D eigenvalue weighted by Crippen LogP contribution is 2.08. The second kappa shape index (κ2) is 17.9. The van der Waals surface area contributed by atoms with Crippen LogP contribution in [0.5, 0.6) is 0 Å². The van der Waals surface area contributed by atoms with Crippen LogP contribution in [-0.4, -0.2) is 77.9 Å². The van der Waals surface area contributed by atoms with E-state index in [2.05, 4.69) is 20.9 Å². The van der Waals surface area contributed by atoms with E-state index < -0.39 is 60.2 Å². The maximum absolute atomic E-state index is 13.0. The van der Waals surface area contributed by atoms with E-state index in [1.807, 2.05) is 0 Å². The molecule has 14 N–H and O–H groups in total. The van der Waals surface area contributed by atoms with Crippen molar-refractivity contribution in [3.8, 4) is 0 Å². The average molecular weight is 530 g/mol. The number of nitrogens with one attached hydrogen (secondary N) is 3. The number of unbranched alkanes of at least 4 members (excludes halogenated alkanes) is 1. The molecule has 37 heavy (non-hydrogen) atoms. The van der Waals surface area contributed by atoms with Crippen molar-refractivity contribution in [2.45, 2.75) is 83.0 Å². The molecule has 15 heteroatoms. The first-order valence-electron chi connectivity index (χ1n) is 12.2. The van der Waals surface area contributed by atoms with Gasteiger partial charge in [0.1, 0.15) is 18.1 Å². The zero-order chi connectivity index (χ0) is 28.5. The first-order valence-corrected chi connectivity index (χ1v) is 12.2. The summed E-state index contributed by atoms with van der Waals surface area (Å²) in [7, 11) is 0. The van der Waals surface area contributed by atoms with Gasteiger partial charge in [-0.2, -0.15) is 0 Å². The van der Waals surface area contributed by atoms with Crippen LogP contribution in [0, 0.1) is 5.92 Å². The Morgan fingerprint density at radius 3 is 1.89 bits per heavy atom. The molecule has 0 fully saturated rings. The number of carbonyl (C=O) groups excluding carboxylic acids is 4. The monoisotopic (exact) mass is 529 g/mol. The Bertz CT molecular complexity index is 802. The van der Waals surface area contributed by atoms with Gasteiger partial charge in [-0.3, -0.25) is 24.2 Å². The molecule has 212 valence electrons. The van der Waals surface area contributed by atoms with Crippen molar-refractivity contribution in [2.24, 2.45) is 39.6 Å². The largest absolute Gasteiger partial charge is 0.480 e. The van der Waals surface area contributed by atoms with E-state index >= 15 is 0 Å². The predicted molar refractivity (Wildman–Crippen MR) is 137 cm³/mol. The second-order valence-electron chi connectivity index (χ2n) is 9.16. The minimum Gasteiger partial charge on any atom is -0.480 e. The number of nitrogens with zero attached hydrogens (tertiary/aromatic N) is 1. The molecule has 0 aliphatic carbocycles. The third kappa shape index (κ3) is 15.3. The van der Waals surface area contributed by atoms with Crippen molar-refractivity contribution in [2.75, 3.05) is 13.1 Å². The number of aliphatic carboxylic acids is 1. The van der Waals surface area contributed by atoms with Gasteiger partial charge in [0, 0.05) is 6.54 Å². The normalized spacial score (nSPS) is 14.1. The van der Waals surface area contributed by atoms with E-state index in [0.29, 0.717) is 25.8 Å². The van der Waals surface area contributed by atoms with E-state index in [1.54, 1.807) is 13.8 Å². The summed E-state index contributed by atoms with van der Waals surface area (Å²) in [6.07, 6.45) is 1.50. The molecular formula is C22H43N9O6. The van der Waals surface area contributed by atoms with Crippen LogP contribution >= 0.6 is 0 Å². The number of amides is 4. The molecule has 0 aliphatic rings. The predicted octanol–water partition coefficient (Wildman–Crippen LogP) is -3.04. The van der Waals surface area contributed by atoms with Crippen molar-refractivity contribution in [1.29, 1.82) is 0 Å². The Labute approximate surface area is 216 Å². The number of carboxylic acids is 1. The molecule has 4 unspecified atom stereocenters. The lowest BCUT2D eigenvalue weighted by Crippen LogP contribution is -2.57. The topological polar surface area (TPSA) is 284 Å². The van der Waals surface area contributed by atoms with Crippen LogP contribution in [0.2, 0.25) is 0 Å². The highest BCUT2D eigenvalue weighted by molar-refractivity contribution is 5.96. The van der Waals surface area contributed by atoms with Crippen LogP contribution in [0.3, 0.4) is 0 Å². The molecule has 0 aromatic heterocycles. The van der Waals surface area contributed by atoms with Crippen LogP contribution in [0.1, 0.15) is 58.8 Å². The Morgan fingerprint density at radius 2 is 1.38 bits per heavy atom. The number of carbonyl (C=O) groups is 5. The fourth-order valence-corrected chi connectivity index (χ4v) is 3.34. The molecule has 0 aromatic carbocycles. The third-order valence-electron chi connectivity index (χ3n) is 5.24. The van der Waals surface area contributed by atoms with Gasteiger partial charge in [0.25, 0.3) is 0 Å². The summed E-state index contributed by atoms with van der Waals surface area (Å²) in [6.45, 7) is 4.19. The maximum Gasteiger partial charge on any atom is 0.326 e. The first-order chi connectivity index (χ1) is 17.3. The standard InChI is InChI=1S/C22H43N9O6/c1-12(2)10-16(21(36)37)31-19(34)14(7-5-9-28-22(26)27)29-20(35)15(11-17(25)32)30-18(33)13(24)6-3-4-8-23/h12-16H,3-11,23-24H2,1-2H3,(H2,25,32)(H,29,35)(H,30,33)(H,31,34)(H,36,37)(H4,26,27,28). The van der Waals surface area contributed by atoms with Crippen molar-refractivity contribution < 1.29 is 29.1 Å². The highest BCUT2D eigenvalue weighted by Gasteiger charge is 2.31. The van der Waals surface area contributed by atoms with Gasteiger partial charge in [0.05, 0.1) is 12.5 Å². The molecule has 0 spiro atoms. The van der Waals surface area contributed by atoms with Gasteiger partial charge in [-0.05, 0) is 44.6 Å². The van der Waals surface area contributed by atoms with Gasteiger partial charge in [0.2, 0.25) is 23.6 Å². The number of hydrogen-bond acceptors (Lipinski definition) is 8. The van der Waals surface area contributed by atoms with Gasteiger partial charge in [-0.25, -0.2) is 4.79 Å². The van der Waals surface area contributed by atoms with Crippen LogP contribution in [0.4, 0.5) is 0 Å². The summed E-state index contributed by atoms with van der Waals surface area (Å²) in [6, 6.07) is -4.73. The Balaban J connectivity index is 5.60. The number of carboxylic acid groups (broad SMARTS) is 1. The molecular weight excluding hydrogens is 486 g/mol. The van der Waals surface area contributed by atoms with Gasteiger partial charge >= 0.3 is 5.97 Å². The first kappa shape index (κ1) is 33.5. The molecule has 0 radical (unpaired) electrons. The Hall–Kier alpha value is -3.46. The number of aliphatic imine (C=N–C) groups is 1. The van der Waals surface area contributed by atoms with Crippen molar-refractivity contribution in [3.05, 3.63) is 0 Å². The molecule has 4 amide bonds. The van der Waals surface area contributed by atoms with Crippen LogP contribution in [0.15, 0.2) is 4.99 Å². The van der Waals surface area contributed by atoms with E-state index in [0.717, 1.165) is 0 Å². The van der Waals surface area contributed by atoms with E-state index in [-0.39, 0.29) is 37.7 Å². The van der Waals surface area contributed by atoms with Crippen LogP contribution < -0.4 is 44.6 Å². The van der Waals surface area contributed by atoms with E-state index in [4.69, 9.17) is 28.7 Å². The van der Waals surface area contributed by atoms with Crippen LogP contribution in [-0.2, 0) is 24.0 Å². The summed E-state index contributed by atoms with van der Waals surface area (Å²) in [5, 5.41) is 16.8. The number of primary amides is 1. The quantitative estimate of drug-likeness (QED) is 0.0463. The molecule has 0 aromatic rings. The maximum atomic E-state index is 13.0. The molecule has 0 saturated carbocycles. The molecule has 0 rings (SSSR count). The Kier molecular flexibility index (Phi) is 16.2. The lowest BCUT2D eigenvalue weighted by molar-refractivity contribution is -0.143. The lowest BCUT2D eigenvalue weighted by Gasteiger charge is -2.25. The average Bonchev–Trinajstić information content (AvgIpc) is 2.79. The molecule has 0 heterocycles. The van der Waals surface area contributed by atoms with Crippen molar-refractivity contribution >= 4 is 35.6 Å². The fraction of sp³-hybridized carbons (Fsp3) is 0.727. The molecule has 0 saturated heterocycles. The summed E-state index contributed by atoms with van der Waals surface area (Å²) in [5.74, 6) is -4.56. The molecule has 0 aliphatic heterocycles. The minimum absolute atomic E-state index is 0.0273. The zero-order valence-corrected chi connectivity index (χ0v) is 21.6. The molecule has 15 nitrogen and oxygen atoms in total. The SMILES string of the molecule is CC(C)CC(NC(=O)C(CCCN=C(N)N)NC(=O)C(CC(N)=O)NC(=O)C(N)CCCCN)C(=O)O. The van der Waals surface area contributed by atoms with Gasteiger partial charge in [-0.15, -0.1) is 0 Å². The van der Waals surface area contributed by atoms with E-state index in [9.17, 15) is 29.1 Å². The summed E-state index contributed by atoms with van der Waals surface area (Å²) in [4.78, 5) is 65.4. The van der Waals surface area contributed by atoms with Gasteiger partial charge in [0.15, 0.2) is 5.96 Å². The number of rotatable bonds is 19. The van der Waals surface area contributed by atoms with Crippen LogP contribution in [0.25, 0.3) is 0 Å². The third-order valence-corrected chi connectivity index (χ3v) is 5.24. The zero-order valence-electron chi connectivity index (χ0n) is 21.6. The Morgan fingerprint density at radius 1 is 0.811 bits per heavy atom. The fourth-order valence-electron chi connectivity index (χ4n) is 3.34. The lowest BCUT2D eigenvalue weighted by atomic mass is 10.0. The summed E-state index contributed by atoms with van der Waals surface area (Å²) in [5.41, 5.74) is 27.1. The molecule has 0 bridgehead atoms.